The predicted octanol–water partition coefficient (Wildman–Crippen LogP) is -0.112. The second-order valence-electron chi connectivity index (χ2n) is 4.75. The summed E-state index contributed by atoms with van der Waals surface area (Å²) in [5.74, 6) is 0.745. The summed E-state index contributed by atoms with van der Waals surface area (Å²) < 4.78 is 5.25. The fourth-order valence-electron chi connectivity index (χ4n) is 2.16. The van der Waals surface area contributed by atoms with Crippen molar-refractivity contribution in [2.45, 2.75) is 18.4 Å². The Morgan fingerprint density at radius 3 is 3.00 bits per heavy atom. The molecule has 2 aromatic heterocycles. The molecular weight excluding hydrogens is 248 g/mol. The average Bonchev–Trinajstić information content (AvgIpc) is 2.85. The number of aromatic amines is 1. The highest BCUT2D eigenvalue weighted by molar-refractivity contribution is 5.86. The van der Waals surface area contributed by atoms with Crippen LogP contribution in [-0.2, 0) is 4.74 Å². The maximum Gasteiger partial charge on any atom is 0.224 e. The number of nitrogens with one attached hydrogen (secondary N) is 2. The van der Waals surface area contributed by atoms with Gasteiger partial charge in [0.25, 0.3) is 0 Å². The minimum atomic E-state index is -0.770. The van der Waals surface area contributed by atoms with E-state index in [-0.39, 0.29) is 5.95 Å². The van der Waals surface area contributed by atoms with Crippen LogP contribution in [-0.4, -0.2) is 50.6 Å². The molecule has 0 radical (unpaired) electrons. The molecule has 1 aliphatic rings. The van der Waals surface area contributed by atoms with Gasteiger partial charge in [0.2, 0.25) is 5.95 Å². The van der Waals surface area contributed by atoms with Crippen molar-refractivity contribution < 1.29 is 9.84 Å². The van der Waals surface area contributed by atoms with Crippen molar-refractivity contribution >= 4 is 22.8 Å². The standard InChI is InChI=1S/C11H16N6O2/c12-10-15-8(7-5-14-17-9(7)16-10)13-6-11(18)1-3-19-4-2-11/h5,18H,1-4,6H2,(H4,12,13,14,15,16,17). The van der Waals surface area contributed by atoms with Gasteiger partial charge in [0.05, 0.1) is 17.2 Å². The van der Waals surface area contributed by atoms with Crippen LogP contribution in [0.1, 0.15) is 12.8 Å². The molecule has 5 N–H and O–H groups in total. The van der Waals surface area contributed by atoms with Gasteiger partial charge in [-0.05, 0) is 0 Å². The minimum absolute atomic E-state index is 0.165. The average molecular weight is 264 g/mol. The number of aromatic nitrogens is 4. The number of nitrogen functional groups attached to an aromatic ring is 1. The van der Waals surface area contributed by atoms with E-state index >= 15 is 0 Å². The second kappa shape index (κ2) is 4.63. The van der Waals surface area contributed by atoms with E-state index in [9.17, 15) is 5.11 Å². The summed E-state index contributed by atoms with van der Waals surface area (Å²) in [5.41, 5.74) is 5.44. The van der Waals surface area contributed by atoms with Crippen LogP contribution in [0.5, 0.6) is 0 Å². The van der Waals surface area contributed by atoms with Gasteiger partial charge in [-0.2, -0.15) is 15.1 Å². The highest BCUT2D eigenvalue weighted by Crippen LogP contribution is 2.23. The lowest BCUT2D eigenvalue weighted by atomic mass is 9.94. The highest BCUT2D eigenvalue weighted by atomic mass is 16.5. The van der Waals surface area contributed by atoms with E-state index in [0.717, 1.165) is 5.39 Å². The molecule has 8 nitrogen and oxygen atoms in total. The lowest BCUT2D eigenvalue weighted by Gasteiger charge is -2.32. The van der Waals surface area contributed by atoms with Crippen LogP contribution in [0.2, 0.25) is 0 Å². The molecule has 0 saturated carbocycles. The Labute approximate surface area is 109 Å². The van der Waals surface area contributed by atoms with Gasteiger partial charge in [0.15, 0.2) is 5.65 Å². The molecule has 2 aromatic rings. The number of rotatable bonds is 3. The van der Waals surface area contributed by atoms with Gasteiger partial charge in [-0.1, -0.05) is 0 Å². The van der Waals surface area contributed by atoms with Crippen LogP contribution >= 0.6 is 0 Å². The molecule has 8 heteroatoms. The van der Waals surface area contributed by atoms with Gasteiger partial charge < -0.3 is 20.9 Å². The molecule has 0 amide bonds. The van der Waals surface area contributed by atoms with E-state index in [1.54, 1.807) is 6.20 Å². The van der Waals surface area contributed by atoms with Gasteiger partial charge in [0, 0.05) is 32.6 Å². The maximum absolute atomic E-state index is 10.4. The Bertz CT molecular complexity index is 578. The molecule has 0 aliphatic carbocycles. The van der Waals surface area contributed by atoms with Crippen LogP contribution in [0, 0.1) is 0 Å². The molecule has 0 aromatic carbocycles. The first kappa shape index (κ1) is 12.1. The van der Waals surface area contributed by atoms with Gasteiger partial charge in [-0.25, -0.2) is 0 Å². The first-order chi connectivity index (χ1) is 9.16. The number of fused-ring (bicyclic) bond motifs is 1. The Morgan fingerprint density at radius 2 is 2.21 bits per heavy atom. The van der Waals surface area contributed by atoms with Crippen molar-refractivity contribution in [3.8, 4) is 0 Å². The fraction of sp³-hybridized carbons (Fsp3) is 0.545. The van der Waals surface area contributed by atoms with Crippen molar-refractivity contribution in [2.24, 2.45) is 0 Å². The third-order valence-corrected chi connectivity index (χ3v) is 3.34. The summed E-state index contributed by atoms with van der Waals surface area (Å²) in [6.07, 6.45) is 2.84. The van der Waals surface area contributed by atoms with E-state index in [1.807, 2.05) is 0 Å². The molecule has 19 heavy (non-hydrogen) atoms. The summed E-state index contributed by atoms with van der Waals surface area (Å²) in [7, 11) is 0. The van der Waals surface area contributed by atoms with Crippen molar-refractivity contribution in [2.75, 3.05) is 30.8 Å². The molecule has 102 valence electrons. The zero-order valence-corrected chi connectivity index (χ0v) is 10.4. The monoisotopic (exact) mass is 264 g/mol. The van der Waals surface area contributed by atoms with Gasteiger partial charge in [-0.3, -0.25) is 5.10 Å². The van der Waals surface area contributed by atoms with Crippen LogP contribution in [0.25, 0.3) is 11.0 Å². The first-order valence-corrected chi connectivity index (χ1v) is 6.17. The number of nitrogens with two attached hydrogens (primary N) is 1. The molecular formula is C11H16N6O2. The van der Waals surface area contributed by atoms with Crippen molar-refractivity contribution in [3.63, 3.8) is 0 Å². The number of hydrogen-bond acceptors (Lipinski definition) is 7. The fourth-order valence-corrected chi connectivity index (χ4v) is 2.16. The number of H-pyrrole nitrogens is 1. The van der Waals surface area contributed by atoms with Crippen LogP contribution in [0.3, 0.4) is 0 Å². The lowest BCUT2D eigenvalue weighted by Crippen LogP contribution is -2.42. The van der Waals surface area contributed by atoms with E-state index in [2.05, 4.69) is 25.5 Å². The molecule has 1 aliphatic heterocycles. The Kier molecular flexibility index (Phi) is 2.96. The Balaban J connectivity index is 1.79. The summed E-state index contributed by atoms with van der Waals surface area (Å²) in [4.78, 5) is 8.18. The molecule has 0 bridgehead atoms. The maximum atomic E-state index is 10.4. The van der Waals surface area contributed by atoms with Crippen LogP contribution < -0.4 is 11.1 Å². The molecule has 3 rings (SSSR count). The van der Waals surface area contributed by atoms with Gasteiger partial charge in [-0.15, -0.1) is 0 Å². The SMILES string of the molecule is Nc1nc(NCC2(O)CCOCC2)c2cn[nH]c2n1. The first-order valence-electron chi connectivity index (χ1n) is 6.17. The van der Waals surface area contributed by atoms with Crippen molar-refractivity contribution in [1.29, 1.82) is 0 Å². The normalized spacial score (nSPS) is 18.6. The number of anilines is 2. The van der Waals surface area contributed by atoms with E-state index in [1.165, 1.54) is 0 Å². The predicted molar refractivity (Wildman–Crippen MR) is 69.6 cm³/mol. The number of nitrogens with zero attached hydrogens (tertiary/aromatic N) is 3. The van der Waals surface area contributed by atoms with Crippen molar-refractivity contribution in [3.05, 3.63) is 6.20 Å². The quantitative estimate of drug-likeness (QED) is 0.610. The number of aliphatic hydroxyl groups is 1. The molecule has 0 unspecified atom stereocenters. The molecule has 1 saturated heterocycles. The lowest BCUT2D eigenvalue weighted by molar-refractivity contribution is -0.0543. The molecule has 0 spiro atoms. The van der Waals surface area contributed by atoms with Crippen LogP contribution in [0.15, 0.2) is 6.20 Å². The number of hydrogen-bond donors (Lipinski definition) is 4. The summed E-state index contributed by atoms with van der Waals surface area (Å²) in [5, 5.41) is 20.9. The number of ether oxygens (including phenoxy) is 1. The van der Waals surface area contributed by atoms with Gasteiger partial charge >= 0.3 is 0 Å². The molecule has 3 heterocycles. The minimum Gasteiger partial charge on any atom is -0.388 e. The summed E-state index contributed by atoms with van der Waals surface area (Å²) in [6, 6.07) is 0. The largest absolute Gasteiger partial charge is 0.388 e. The van der Waals surface area contributed by atoms with E-state index in [4.69, 9.17) is 10.5 Å². The molecule has 0 atom stereocenters. The van der Waals surface area contributed by atoms with Gasteiger partial charge in [0.1, 0.15) is 5.82 Å². The second-order valence-corrected chi connectivity index (χ2v) is 4.75. The van der Waals surface area contributed by atoms with E-state index in [0.29, 0.717) is 44.1 Å². The Morgan fingerprint density at radius 1 is 1.42 bits per heavy atom. The van der Waals surface area contributed by atoms with Crippen molar-refractivity contribution in [1.82, 2.24) is 20.2 Å². The van der Waals surface area contributed by atoms with E-state index < -0.39 is 5.60 Å². The van der Waals surface area contributed by atoms with Crippen LogP contribution in [0.4, 0.5) is 11.8 Å². The smallest absolute Gasteiger partial charge is 0.224 e. The zero-order chi connectivity index (χ0) is 13.3. The summed E-state index contributed by atoms with van der Waals surface area (Å²) >= 11 is 0. The third-order valence-electron chi connectivity index (χ3n) is 3.34. The highest BCUT2D eigenvalue weighted by Gasteiger charge is 2.29. The third kappa shape index (κ3) is 2.45. The Hall–Kier alpha value is -1.93. The molecule has 1 fully saturated rings. The summed E-state index contributed by atoms with van der Waals surface area (Å²) in [6.45, 7) is 1.55. The zero-order valence-electron chi connectivity index (χ0n) is 10.4. The topological polar surface area (TPSA) is 122 Å².